The smallest absolute Gasteiger partial charge is 0.339 e. The molecule has 0 heterocycles. The van der Waals surface area contributed by atoms with Gasteiger partial charge in [0.25, 0.3) is 0 Å². The van der Waals surface area contributed by atoms with Gasteiger partial charge in [0.05, 0.1) is 10.7 Å². The lowest BCUT2D eigenvalue weighted by Crippen LogP contribution is -2.23. The van der Waals surface area contributed by atoms with E-state index in [1.807, 2.05) is 6.92 Å². The van der Waals surface area contributed by atoms with Gasteiger partial charge in [0.1, 0.15) is 5.56 Å². The van der Waals surface area contributed by atoms with Crippen LogP contribution in [0.2, 0.25) is 5.02 Å². The van der Waals surface area contributed by atoms with E-state index in [0.717, 1.165) is 12.8 Å². The second kappa shape index (κ2) is 4.98. The lowest BCUT2D eigenvalue weighted by molar-refractivity contribution is -0.119. The van der Waals surface area contributed by atoms with Crippen LogP contribution in [0, 0.1) is 11.8 Å². The minimum Gasteiger partial charge on any atom is -0.478 e. The van der Waals surface area contributed by atoms with Crippen molar-refractivity contribution in [2.24, 2.45) is 11.8 Å². The van der Waals surface area contributed by atoms with Crippen molar-refractivity contribution >= 4 is 29.2 Å². The summed E-state index contributed by atoms with van der Waals surface area (Å²) >= 11 is 5.83. The summed E-state index contributed by atoms with van der Waals surface area (Å²) in [4.78, 5) is 23.0. The number of nitrogens with one attached hydrogen (secondary N) is 1. The molecule has 1 aliphatic carbocycles. The first-order chi connectivity index (χ1) is 8.50. The first kappa shape index (κ1) is 12.9. The number of carboxylic acid groups (broad SMARTS) is 1. The number of benzene rings is 1. The van der Waals surface area contributed by atoms with Gasteiger partial charge >= 0.3 is 5.97 Å². The molecule has 0 saturated heterocycles. The molecule has 1 fully saturated rings. The molecule has 96 valence electrons. The van der Waals surface area contributed by atoms with Crippen molar-refractivity contribution in [1.29, 1.82) is 0 Å². The second-order valence-electron chi connectivity index (χ2n) is 4.58. The third-order valence-corrected chi connectivity index (χ3v) is 3.54. The second-order valence-corrected chi connectivity index (χ2v) is 4.99. The van der Waals surface area contributed by atoms with E-state index in [1.54, 1.807) is 12.1 Å². The number of halogens is 1. The highest BCUT2D eigenvalue weighted by Gasteiger charge is 2.33. The summed E-state index contributed by atoms with van der Waals surface area (Å²) in [5.74, 6) is -0.958. The molecule has 2 N–H and O–H groups in total. The fraction of sp³-hybridized carbons (Fsp3) is 0.385. The van der Waals surface area contributed by atoms with E-state index in [0.29, 0.717) is 5.92 Å². The highest BCUT2D eigenvalue weighted by molar-refractivity contribution is 6.34. The molecule has 0 bridgehead atoms. The molecular formula is C13H14ClNO3. The summed E-state index contributed by atoms with van der Waals surface area (Å²) in [7, 11) is 0. The molecule has 0 aromatic heterocycles. The van der Waals surface area contributed by atoms with Gasteiger partial charge < -0.3 is 10.4 Å². The summed E-state index contributed by atoms with van der Waals surface area (Å²) in [6, 6.07) is 4.66. The van der Waals surface area contributed by atoms with Crippen LogP contribution in [0.5, 0.6) is 0 Å². The van der Waals surface area contributed by atoms with Crippen LogP contribution in [0.1, 0.15) is 30.1 Å². The number of rotatable bonds is 4. The Kier molecular flexibility index (Phi) is 3.57. The molecule has 1 atom stereocenters. The fourth-order valence-electron chi connectivity index (χ4n) is 1.90. The van der Waals surface area contributed by atoms with Gasteiger partial charge in [-0.1, -0.05) is 24.6 Å². The van der Waals surface area contributed by atoms with Gasteiger partial charge in [-0.3, -0.25) is 4.79 Å². The Morgan fingerprint density at radius 3 is 2.67 bits per heavy atom. The molecule has 5 heteroatoms. The van der Waals surface area contributed by atoms with Crippen LogP contribution >= 0.6 is 11.6 Å². The summed E-state index contributed by atoms with van der Waals surface area (Å²) in [6.07, 6.45) is 2.13. The zero-order chi connectivity index (χ0) is 13.3. The quantitative estimate of drug-likeness (QED) is 0.881. The number of aromatic carboxylic acids is 1. The predicted octanol–water partition coefficient (Wildman–Crippen LogP) is 3.02. The average molecular weight is 268 g/mol. The molecule has 18 heavy (non-hydrogen) atoms. The van der Waals surface area contributed by atoms with Crippen LogP contribution in [0.25, 0.3) is 0 Å². The van der Waals surface area contributed by atoms with Gasteiger partial charge in [0, 0.05) is 5.92 Å². The van der Waals surface area contributed by atoms with Crippen molar-refractivity contribution in [3.05, 3.63) is 28.8 Å². The number of amides is 1. The Hall–Kier alpha value is -1.55. The Bertz CT molecular complexity index is 497. The van der Waals surface area contributed by atoms with Crippen molar-refractivity contribution in [3.63, 3.8) is 0 Å². The molecular weight excluding hydrogens is 254 g/mol. The summed E-state index contributed by atoms with van der Waals surface area (Å²) in [6.45, 7) is 1.86. The molecule has 1 aromatic carbocycles. The van der Waals surface area contributed by atoms with Gasteiger partial charge in [-0.25, -0.2) is 4.79 Å². The highest BCUT2D eigenvalue weighted by Crippen LogP contribution is 2.37. The maximum atomic E-state index is 11.9. The van der Waals surface area contributed by atoms with Gasteiger partial charge in [-0.15, -0.1) is 0 Å². The van der Waals surface area contributed by atoms with Crippen LogP contribution < -0.4 is 5.32 Å². The van der Waals surface area contributed by atoms with Crippen LogP contribution in [0.4, 0.5) is 5.69 Å². The maximum Gasteiger partial charge on any atom is 0.339 e. The van der Waals surface area contributed by atoms with Crippen molar-refractivity contribution in [2.45, 2.75) is 19.8 Å². The maximum absolute atomic E-state index is 11.9. The van der Waals surface area contributed by atoms with Crippen molar-refractivity contribution in [1.82, 2.24) is 0 Å². The first-order valence-electron chi connectivity index (χ1n) is 5.83. The summed E-state index contributed by atoms with van der Waals surface area (Å²) in [5, 5.41) is 11.9. The standard InChI is InChI=1S/C13H14ClNO3/c1-7(8-5-6-8)12(16)15-10-4-2-3-9(14)11(10)13(17)18/h2-4,7-8H,5-6H2,1H3,(H,15,16)(H,17,18). The average Bonchev–Trinajstić information content (AvgIpc) is 3.11. The molecule has 2 rings (SSSR count). The zero-order valence-electron chi connectivity index (χ0n) is 9.94. The van der Waals surface area contributed by atoms with Gasteiger partial charge in [0.15, 0.2) is 0 Å². The third-order valence-electron chi connectivity index (χ3n) is 3.23. The van der Waals surface area contributed by atoms with E-state index in [-0.39, 0.29) is 28.1 Å². The number of anilines is 1. The van der Waals surface area contributed by atoms with Gasteiger partial charge in [-0.2, -0.15) is 0 Å². The zero-order valence-corrected chi connectivity index (χ0v) is 10.7. The topological polar surface area (TPSA) is 66.4 Å². The van der Waals surface area contributed by atoms with Gasteiger partial charge in [0.2, 0.25) is 5.91 Å². The normalized spacial score (nSPS) is 16.1. The Morgan fingerprint density at radius 2 is 2.11 bits per heavy atom. The van der Waals surface area contributed by atoms with Gasteiger partial charge in [-0.05, 0) is 30.9 Å². The molecule has 1 saturated carbocycles. The number of hydrogen-bond acceptors (Lipinski definition) is 2. The molecule has 0 radical (unpaired) electrons. The third kappa shape index (κ3) is 2.64. The van der Waals surface area contributed by atoms with E-state index >= 15 is 0 Å². The molecule has 1 aliphatic rings. The van der Waals surface area contributed by atoms with Crippen molar-refractivity contribution in [2.75, 3.05) is 5.32 Å². The molecule has 1 amide bonds. The van der Waals surface area contributed by atoms with E-state index in [2.05, 4.69) is 5.32 Å². The lowest BCUT2D eigenvalue weighted by Gasteiger charge is -2.13. The lowest BCUT2D eigenvalue weighted by atomic mass is 10.1. The Labute approximate surface area is 110 Å². The molecule has 0 aliphatic heterocycles. The Balaban J connectivity index is 2.20. The molecule has 1 unspecified atom stereocenters. The van der Waals surface area contributed by atoms with E-state index in [9.17, 15) is 9.59 Å². The van der Waals surface area contributed by atoms with Crippen LogP contribution in [0.3, 0.4) is 0 Å². The summed E-state index contributed by atoms with van der Waals surface area (Å²) in [5.41, 5.74) is 0.197. The molecule has 4 nitrogen and oxygen atoms in total. The monoisotopic (exact) mass is 267 g/mol. The summed E-state index contributed by atoms with van der Waals surface area (Å²) < 4.78 is 0. The van der Waals surface area contributed by atoms with E-state index in [4.69, 9.17) is 16.7 Å². The number of carbonyl (C=O) groups is 2. The highest BCUT2D eigenvalue weighted by atomic mass is 35.5. The SMILES string of the molecule is CC(C(=O)Nc1cccc(Cl)c1C(=O)O)C1CC1. The fourth-order valence-corrected chi connectivity index (χ4v) is 2.16. The minimum atomic E-state index is -1.14. The van der Waals surface area contributed by atoms with E-state index in [1.165, 1.54) is 6.07 Å². The van der Waals surface area contributed by atoms with Crippen LogP contribution in [0.15, 0.2) is 18.2 Å². The molecule has 1 aromatic rings. The van der Waals surface area contributed by atoms with E-state index < -0.39 is 5.97 Å². The van der Waals surface area contributed by atoms with Crippen molar-refractivity contribution < 1.29 is 14.7 Å². The van der Waals surface area contributed by atoms with Crippen LogP contribution in [-0.4, -0.2) is 17.0 Å². The number of carboxylic acids is 1. The Morgan fingerprint density at radius 1 is 1.44 bits per heavy atom. The largest absolute Gasteiger partial charge is 0.478 e. The minimum absolute atomic E-state index is 0.0597. The number of carbonyl (C=O) groups excluding carboxylic acids is 1. The first-order valence-corrected chi connectivity index (χ1v) is 6.21. The predicted molar refractivity (Wildman–Crippen MR) is 68.9 cm³/mol. The number of hydrogen-bond donors (Lipinski definition) is 2. The molecule has 0 spiro atoms. The van der Waals surface area contributed by atoms with Crippen molar-refractivity contribution in [3.8, 4) is 0 Å². The van der Waals surface area contributed by atoms with Crippen LogP contribution in [-0.2, 0) is 4.79 Å².